The van der Waals surface area contributed by atoms with Gasteiger partial charge in [-0.05, 0) is 13.0 Å². The van der Waals surface area contributed by atoms with Crippen molar-refractivity contribution in [1.29, 1.82) is 0 Å². The molecule has 0 aromatic carbocycles. The zero-order chi connectivity index (χ0) is 8.97. The number of aliphatic hydroxyl groups is 1. The summed E-state index contributed by atoms with van der Waals surface area (Å²) in [5, 5.41) is 12.9. The summed E-state index contributed by atoms with van der Waals surface area (Å²) in [5.41, 5.74) is 0. The second-order valence-corrected chi connectivity index (χ2v) is 4.22. The molecule has 1 fully saturated rings. The van der Waals surface area contributed by atoms with Crippen LogP contribution in [-0.2, 0) is 0 Å². The van der Waals surface area contributed by atoms with Gasteiger partial charge in [0.25, 0.3) is 0 Å². The first-order chi connectivity index (χ1) is 5.74. The highest BCUT2D eigenvalue weighted by atomic mass is 31.0. The fraction of sp³-hybridized carbons (Fsp3) is 1.00. The van der Waals surface area contributed by atoms with Crippen LogP contribution < -0.4 is 5.32 Å². The van der Waals surface area contributed by atoms with Crippen molar-refractivity contribution in [3.8, 4) is 0 Å². The summed E-state index contributed by atoms with van der Waals surface area (Å²) in [6.45, 7) is 5.94. The van der Waals surface area contributed by atoms with Gasteiger partial charge in [-0.2, -0.15) is 0 Å². The van der Waals surface area contributed by atoms with Crippen molar-refractivity contribution in [2.75, 3.05) is 26.2 Å². The average Bonchev–Trinajstić information content (AvgIpc) is 2.31. The number of hydrogen-bond acceptors (Lipinski definition) is 3. The van der Waals surface area contributed by atoms with Gasteiger partial charge in [0.1, 0.15) is 0 Å². The Labute approximate surface area is 76.8 Å². The lowest BCUT2D eigenvalue weighted by molar-refractivity contribution is 0.145. The zero-order valence-electron chi connectivity index (χ0n) is 7.66. The predicted molar refractivity (Wildman–Crippen MR) is 53.9 cm³/mol. The molecule has 3 nitrogen and oxygen atoms in total. The molecule has 12 heavy (non-hydrogen) atoms. The van der Waals surface area contributed by atoms with Crippen LogP contribution in [0.1, 0.15) is 13.3 Å². The van der Waals surface area contributed by atoms with E-state index in [0.717, 1.165) is 32.6 Å². The molecule has 0 bridgehead atoms. The number of aliphatic hydroxyl groups excluding tert-OH is 1. The lowest BCUT2D eigenvalue weighted by Gasteiger charge is -2.13. The molecule has 1 saturated heterocycles. The van der Waals surface area contributed by atoms with Crippen molar-refractivity contribution in [1.82, 2.24) is 9.99 Å². The number of nitrogens with zero attached hydrogens (tertiary/aromatic N) is 1. The number of hydrogen-bond donors (Lipinski definition) is 2. The zero-order valence-corrected chi connectivity index (χ0v) is 8.82. The molecule has 0 radical (unpaired) electrons. The highest BCUT2D eigenvalue weighted by Crippen LogP contribution is 2.18. The van der Waals surface area contributed by atoms with Crippen molar-refractivity contribution >= 4 is 9.39 Å². The van der Waals surface area contributed by atoms with Gasteiger partial charge in [-0.15, -0.1) is 0 Å². The normalized spacial score (nSPS) is 31.2. The van der Waals surface area contributed by atoms with Crippen LogP contribution in [0.4, 0.5) is 0 Å². The molecule has 4 heteroatoms. The van der Waals surface area contributed by atoms with Crippen molar-refractivity contribution in [2.45, 2.75) is 19.4 Å². The molecular formula is C8H19N2OP. The Morgan fingerprint density at radius 3 is 2.83 bits per heavy atom. The highest BCUT2D eigenvalue weighted by Gasteiger charge is 2.28. The van der Waals surface area contributed by atoms with Gasteiger partial charge in [0.15, 0.2) is 0 Å². The van der Waals surface area contributed by atoms with Crippen LogP contribution in [0.3, 0.4) is 0 Å². The molecule has 1 rings (SSSR count). The molecule has 0 saturated carbocycles. The van der Waals surface area contributed by atoms with E-state index in [1.807, 2.05) is 0 Å². The monoisotopic (exact) mass is 190 g/mol. The van der Waals surface area contributed by atoms with Gasteiger partial charge in [-0.25, -0.2) is 0 Å². The fourth-order valence-electron chi connectivity index (χ4n) is 1.55. The van der Waals surface area contributed by atoms with E-state index in [0.29, 0.717) is 5.92 Å². The first-order valence-corrected chi connectivity index (χ1v) is 5.14. The van der Waals surface area contributed by atoms with Crippen molar-refractivity contribution in [3.05, 3.63) is 0 Å². The van der Waals surface area contributed by atoms with Gasteiger partial charge in [-0.1, -0.05) is 16.3 Å². The predicted octanol–water partition coefficient (Wildman–Crippen LogP) is 0.0688. The first-order valence-electron chi connectivity index (χ1n) is 4.62. The Morgan fingerprint density at radius 2 is 2.33 bits per heavy atom. The third-order valence-corrected chi connectivity index (χ3v) is 2.69. The van der Waals surface area contributed by atoms with Gasteiger partial charge in [-0.3, -0.25) is 4.67 Å². The summed E-state index contributed by atoms with van der Waals surface area (Å²) in [6, 6.07) is 0. The second-order valence-electron chi connectivity index (χ2n) is 3.49. The lowest BCUT2D eigenvalue weighted by Crippen LogP contribution is -2.30. The molecule has 0 aliphatic carbocycles. The Morgan fingerprint density at radius 1 is 1.58 bits per heavy atom. The van der Waals surface area contributed by atoms with Gasteiger partial charge in [0.05, 0.1) is 6.10 Å². The largest absolute Gasteiger partial charge is 0.391 e. The second kappa shape index (κ2) is 5.13. The summed E-state index contributed by atoms with van der Waals surface area (Å²) in [4.78, 5) is 0. The number of rotatable bonds is 4. The molecule has 3 unspecified atom stereocenters. The minimum atomic E-state index is -0.146. The van der Waals surface area contributed by atoms with E-state index in [4.69, 9.17) is 0 Å². The third-order valence-electron chi connectivity index (χ3n) is 2.27. The molecule has 1 heterocycles. The van der Waals surface area contributed by atoms with Crippen LogP contribution in [0.15, 0.2) is 0 Å². The van der Waals surface area contributed by atoms with Crippen molar-refractivity contribution in [3.63, 3.8) is 0 Å². The minimum absolute atomic E-state index is 0.146. The van der Waals surface area contributed by atoms with E-state index in [9.17, 15) is 5.11 Å². The van der Waals surface area contributed by atoms with Gasteiger partial charge < -0.3 is 10.4 Å². The van der Waals surface area contributed by atoms with Gasteiger partial charge in [0, 0.05) is 25.6 Å². The molecule has 0 amide bonds. The van der Waals surface area contributed by atoms with Crippen LogP contribution in [0, 0.1) is 5.92 Å². The average molecular weight is 190 g/mol. The van der Waals surface area contributed by atoms with Crippen LogP contribution in [0.25, 0.3) is 0 Å². The quantitative estimate of drug-likeness (QED) is 0.486. The molecule has 0 aromatic heterocycles. The molecule has 3 atom stereocenters. The maximum absolute atomic E-state index is 9.56. The van der Waals surface area contributed by atoms with Crippen LogP contribution in [0.5, 0.6) is 0 Å². The van der Waals surface area contributed by atoms with Crippen LogP contribution in [-0.4, -0.2) is 42.1 Å². The van der Waals surface area contributed by atoms with E-state index >= 15 is 0 Å². The Hall–Kier alpha value is 0.310. The van der Waals surface area contributed by atoms with Crippen LogP contribution >= 0.6 is 9.39 Å². The maximum atomic E-state index is 9.56. The Balaban J connectivity index is 2.15. The van der Waals surface area contributed by atoms with E-state index < -0.39 is 0 Å². The van der Waals surface area contributed by atoms with Crippen LogP contribution in [0.2, 0.25) is 0 Å². The topological polar surface area (TPSA) is 35.5 Å². The van der Waals surface area contributed by atoms with Gasteiger partial charge >= 0.3 is 0 Å². The molecule has 1 aliphatic rings. The van der Waals surface area contributed by atoms with E-state index in [1.165, 1.54) is 0 Å². The summed E-state index contributed by atoms with van der Waals surface area (Å²) >= 11 is 0. The summed E-state index contributed by atoms with van der Waals surface area (Å²) in [5.74, 6) is 0.411. The molecule has 1 aliphatic heterocycles. The Kier molecular flexibility index (Phi) is 4.44. The SMILES string of the molecule is CCCNCC1CN(P)CC1O. The van der Waals surface area contributed by atoms with Crippen molar-refractivity contribution < 1.29 is 5.11 Å². The highest BCUT2D eigenvalue weighted by molar-refractivity contribution is 7.13. The molecule has 72 valence electrons. The summed E-state index contributed by atoms with van der Waals surface area (Å²) < 4.78 is 2.10. The molecule has 0 aromatic rings. The smallest absolute Gasteiger partial charge is 0.0722 e. The summed E-state index contributed by atoms with van der Waals surface area (Å²) in [6.07, 6.45) is 1.01. The molecule has 2 N–H and O–H groups in total. The maximum Gasteiger partial charge on any atom is 0.0722 e. The molecule has 0 spiro atoms. The van der Waals surface area contributed by atoms with E-state index in [2.05, 4.69) is 26.3 Å². The first kappa shape index (κ1) is 10.4. The molecular weight excluding hydrogens is 171 g/mol. The fourth-order valence-corrected chi connectivity index (χ4v) is 2.04. The Bertz CT molecular complexity index is 134. The van der Waals surface area contributed by atoms with Crippen molar-refractivity contribution in [2.24, 2.45) is 5.92 Å². The summed E-state index contributed by atoms with van der Waals surface area (Å²) in [7, 11) is 2.64. The lowest BCUT2D eigenvalue weighted by atomic mass is 10.1. The van der Waals surface area contributed by atoms with E-state index in [1.54, 1.807) is 0 Å². The minimum Gasteiger partial charge on any atom is -0.391 e. The number of β-amino-alcohol motifs (C(OH)–C–C–N with tert-alkyl or cyclic N) is 1. The van der Waals surface area contributed by atoms with Gasteiger partial charge in [0.2, 0.25) is 0 Å². The van der Waals surface area contributed by atoms with E-state index in [-0.39, 0.29) is 6.10 Å². The number of nitrogens with one attached hydrogen (secondary N) is 1. The third kappa shape index (κ3) is 2.98. The standard InChI is InChI=1S/C8H19N2OP/c1-2-3-9-4-7-5-10(12)6-8(7)11/h7-9,11H,2-6,12H2,1H3.